The van der Waals surface area contributed by atoms with Crippen LogP contribution in [0.15, 0.2) is 47.1 Å². The molecule has 5 heteroatoms. The summed E-state index contributed by atoms with van der Waals surface area (Å²) in [7, 11) is 0. The number of hydrogen-bond donors (Lipinski definition) is 2. The van der Waals surface area contributed by atoms with E-state index in [1.807, 2.05) is 13.8 Å². The van der Waals surface area contributed by atoms with Gasteiger partial charge in [-0.2, -0.15) is 0 Å². The van der Waals surface area contributed by atoms with Gasteiger partial charge in [0, 0.05) is 5.56 Å². The molecule has 1 aromatic carbocycles. The normalized spacial score (nSPS) is 16.7. The van der Waals surface area contributed by atoms with E-state index in [9.17, 15) is 9.90 Å². The third-order valence-electron chi connectivity index (χ3n) is 4.21. The Labute approximate surface area is 141 Å². The number of hydrogen-bond acceptors (Lipinski definition) is 4. The third kappa shape index (κ3) is 3.62. The van der Waals surface area contributed by atoms with Crippen LogP contribution in [0.5, 0.6) is 5.75 Å². The van der Waals surface area contributed by atoms with Gasteiger partial charge in [0.05, 0.1) is 18.9 Å². The summed E-state index contributed by atoms with van der Waals surface area (Å²) in [6.45, 7) is 4.04. The molecule has 1 aliphatic rings. The monoisotopic (exact) mass is 329 g/mol. The fraction of sp³-hybridized carbons (Fsp3) is 0.421. The van der Waals surface area contributed by atoms with Gasteiger partial charge >= 0.3 is 0 Å². The summed E-state index contributed by atoms with van der Waals surface area (Å²) in [6, 6.07) is 10.5. The Balaban J connectivity index is 1.64. The highest BCUT2D eigenvalue weighted by atomic mass is 16.5. The van der Waals surface area contributed by atoms with Crippen LogP contribution < -0.4 is 10.1 Å². The Hall–Kier alpha value is -2.27. The molecule has 1 atom stereocenters. The number of carbonyl (C=O) groups excluding carboxylic acids is 1. The molecule has 1 aromatic heterocycles. The minimum absolute atomic E-state index is 0.0894. The van der Waals surface area contributed by atoms with Gasteiger partial charge in [-0.3, -0.25) is 4.79 Å². The van der Waals surface area contributed by atoms with Crippen molar-refractivity contribution in [1.82, 2.24) is 5.32 Å². The fourth-order valence-corrected chi connectivity index (χ4v) is 2.79. The zero-order chi connectivity index (χ0) is 17.2. The van der Waals surface area contributed by atoms with Crippen molar-refractivity contribution >= 4 is 5.91 Å². The highest BCUT2D eigenvalue weighted by molar-refractivity contribution is 5.94. The molecule has 1 saturated carbocycles. The number of furan rings is 1. The third-order valence-corrected chi connectivity index (χ3v) is 4.21. The largest absolute Gasteiger partial charge is 0.491 e. The van der Waals surface area contributed by atoms with Gasteiger partial charge in [0.25, 0.3) is 5.91 Å². The molecule has 0 saturated heterocycles. The zero-order valence-electron chi connectivity index (χ0n) is 14.0. The first kappa shape index (κ1) is 16.6. The summed E-state index contributed by atoms with van der Waals surface area (Å²) < 4.78 is 10.9. The van der Waals surface area contributed by atoms with E-state index in [1.54, 1.807) is 36.4 Å². The zero-order valence-corrected chi connectivity index (χ0v) is 14.0. The van der Waals surface area contributed by atoms with E-state index in [4.69, 9.17) is 9.15 Å². The van der Waals surface area contributed by atoms with Gasteiger partial charge in [0.1, 0.15) is 17.1 Å². The van der Waals surface area contributed by atoms with Gasteiger partial charge in [-0.15, -0.1) is 0 Å². The molecule has 0 aliphatic heterocycles. The predicted molar refractivity (Wildman–Crippen MR) is 89.9 cm³/mol. The molecule has 1 unspecified atom stereocenters. The molecule has 1 amide bonds. The lowest BCUT2D eigenvalue weighted by atomic mass is 9.94. The van der Waals surface area contributed by atoms with Crippen LogP contribution in [0, 0.1) is 5.92 Å². The highest BCUT2D eigenvalue weighted by Crippen LogP contribution is 2.45. The van der Waals surface area contributed by atoms with E-state index < -0.39 is 5.60 Å². The smallest absolute Gasteiger partial charge is 0.251 e. The van der Waals surface area contributed by atoms with Crippen molar-refractivity contribution in [3.05, 3.63) is 54.0 Å². The summed E-state index contributed by atoms with van der Waals surface area (Å²) in [5.74, 6) is 1.14. The molecular formula is C19H23NO4. The number of amides is 1. The van der Waals surface area contributed by atoms with Crippen molar-refractivity contribution in [2.75, 3.05) is 6.54 Å². The number of benzene rings is 1. The van der Waals surface area contributed by atoms with E-state index in [0.717, 1.165) is 18.6 Å². The van der Waals surface area contributed by atoms with Gasteiger partial charge in [0.2, 0.25) is 0 Å². The van der Waals surface area contributed by atoms with Gasteiger partial charge < -0.3 is 19.6 Å². The first-order chi connectivity index (χ1) is 11.5. The van der Waals surface area contributed by atoms with Gasteiger partial charge in [-0.25, -0.2) is 0 Å². The molecule has 128 valence electrons. The topological polar surface area (TPSA) is 71.7 Å². The van der Waals surface area contributed by atoms with Crippen LogP contribution in [-0.2, 0) is 5.60 Å². The number of ether oxygens (including phenoxy) is 1. The van der Waals surface area contributed by atoms with E-state index in [0.29, 0.717) is 11.3 Å². The Morgan fingerprint density at radius 3 is 2.58 bits per heavy atom. The molecule has 5 nitrogen and oxygen atoms in total. The summed E-state index contributed by atoms with van der Waals surface area (Å²) in [5, 5.41) is 13.7. The van der Waals surface area contributed by atoms with Crippen LogP contribution in [0.3, 0.4) is 0 Å². The maximum atomic E-state index is 12.3. The molecule has 0 bridgehead atoms. The fourth-order valence-electron chi connectivity index (χ4n) is 2.79. The lowest BCUT2D eigenvalue weighted by Gasteiger charge is -2.26. The molecule has 1 aliphatic carbocycles. The van der Waals surface area contributed by atoms with Crippen molar-refractivity contribution in [3.8, 4) is 5.75 Å². The van der Waals surface area contributed by atoms with Crippen molar-refractivity contribution in [1.29, 1.82) is 0 Å². The van der Waals surface area contributed by atoms with Gasteiger partial charge in [-0.1, -0.05) is 0 Å². The van der Waals surface area contributed by atoms with E-state index in [2.05, 4.69) is 5.32 Å². The van der Waals surface area contributed by atoms with Gasteiger partial charge in [0.15, 0.2) is 0 Å². The second-order valence-corrected chi connectivity index (χ2v) is 6.55. The molecule has 3 rings (SSSR count). The Kier molecular flexibility index (Phi) is 4.62. The summed E-state index contributed by atoms with van der Waals surface area (Å²) in [4.78, 5) is 12.3. The lowest BCUT2D eigenvalue weighted by molar-refractivity contribution is -0.00611. The Bertz CT molecular complexity index is 674. The molecule has 0 spiro atoms. The molecule has 2 N–H and O–H groups in total. The van der Waals surface area contributed by atoms with Crippen LogP contribution in [0.4, 0.5) is 0 Å². The van der Waals surface area contributed by atoms with E-state index in [-0.39, 0.29) is 24.5 Å². The molecule has 2 aromatic rings. The number of rotatable bonds is 7. The van der Waals surface area contributed by atoms with Crippen molar-refractivity contribution in [3.63, 3.8) is 0 Å². The maximum absolute atomic E-state index is 12.3. The van der Waals surface area contributed by atoms with Crippen LogP contribution >= 0.6 is 0 Å². The van der Waals surface area contributed by atoms with E-state index >= 15 is 0 Å². The second-order valence-electron chi connectivity index (χ2n) is 6.55. The minimum atomic E-state index is -1.14. The molecule has 1 heterocycles. The Morgan fingerprint density at radius 2 is 2.04 bits per heavy atom. The van der Waals surface area contributed by atoms with Gasteiger partial charge in [-0.05, 0) is 69.0 Å². The van der Waals surface area contributed by atoms with Crippen molar-refractivity contribution in [2.45, 2.75) is 38.4 Å². The summed E-state index contributed by atoms with van der Waals surface area (Å²) >= 11 is 0. The molecule has 0 radical (unpaired) electrons. The maximum Gasteiger partial charge on any atom is 0.251 e. The lowest BCUT2D eigenvalue weighted by Crippen LogP contribution is -2.42. The predicted octanol–water partition coefficient (Wildman–Crippen LogP) is 3.09. The van der Waals surface area contributed by atoms with Crippen molar-refractivity contribution in [2.24, 2.45) is 5.92 Å². The average molecular weight is 329 g/mol. The first-order valence-electron chi connectivity index (χ1n) is 8.30. The number of carbonyl (C=O) groups is 1. The van der Waals surface area contributed by atoms with Crippen LogP contribution in [-0.4, -0.2) is 23.7 Å². The Morgan fingerprint density at radius 1 is 1.33 bits per heavy atom. The SMILES string of the molecule is CC(C)Oc1ccc(C(=O)NCC(O)(c2ccco2)C2CC2)cc1. The van der Waals surface area contributed by atoms with Crippen molar-refractivity contribution < 1.29 is 19.1 Å². The number of aliphatic hydroxyl groups is 1. The average Bonchev–Trinajstić information content (AvgIpc) is 3.27. The van der Waals surface area contributed by atoms with E-state index in [1.165, 1.54) is 6.26 Å². The van der Waals surface area contributed by atoms with Crippen LogP contribution in [0.2, 0.25) is 0 Å². The second kappa shape index (κ2) is 6.69. The number of nitrogens with one attached hydrogen (secondary N) is 1. The molecular weight excluding hydrogens is 306 g/mol. The van der Waals surface area contributed by atoms with Crippen LogP contribution in [0.25, 0.3) is 0 Å². The summed E-state index contributed by atoms with van der Waals surface area (Å²) in [6.07, 6.45) is 3.51. The summed E-state index contributed by atoms with van der Waals surface area (Å²) in [5.41, 5.74) is -0.608. The quantitative estimate of drug-likeness (QED) is 0.819. The molecule has 1 fully saturated rings. The standard InChI is InChI=1S/C19H23NO4/c1-13(2)24-16-9-5-14(6-10-16)18(21)20-12-19(22,15-7-8-15)17-4-3-11-23-17/h3-6,9-11,13,15,22H,7-8,12H2,1-2H3,(H,20,21). The highest BCUT2D eigenvalue weighted by Gasteiger charge is 2.47. The first-order valence-corrected chi connectivity index (χ1v) is 8.30. The molecule has 24 heavy (non-hydrogen) atoms. The van der Waals surface area contributed by atoms with Crippen LogP contribution in [0.1, 0.15) is 42.8 Å². The minimum Gasteiger partial charge on any atom is -0.491 e.